The molecule has 0 aliphatic carbocycles. The van der Waals surface area contributed by atoms with Crippen molar-refractivity contribution in [2.45, 2.75) is 13.3 Å². The van der Waals surface area contributed by atoms with E-state index in [9.17, 15) is 13.9 Å². The van der Waals surface area contributed by atoms with Crippen LogP contribution in [0.3, 0.4) is 0 Å². The van der Waals surface area contributed by atoms with Crippen LogP contribution in [0.2, 0.25) is 10.0 Å². The van der Waals surface area contributed by atoms with E-state index in [1.54, 1.807) is 24.3 Å². The predicted octanol–water partition coefficient (Wildman–Crippen LogP) is 6.63. The van der Waals surface area contributed by atoms with E-state index in [0.29, 0.717) is 34.4 Å². The Labute approximate surface area is 165 Å². The van der Waals surface area contributed by atoms with Crippen molar-refractivity contribution in [1.82, 2.24) is 0 Å². The lowest BCUT2D eigenvalue weighted by Crippen LogP contribution is -1.96. The van der Waals surface area contributed by atoms with Crippen molar-refractivity contribution in [3.63, 3.8) is 0 Å². The number of benzene rings is 3. The third-order valence-corrected chi connectivity index (χ3v) is 4.76. The van der Waals surface area contributed by atoms with Crippen molar-refractivity contribution in [3.05, 3.63) is 81.3 Å². The number of phenolic OH excluding ortho intramolecular Hbond substituents is 1. The molecule has 0 atom stereocenters. The van der Waals surface area contributed by atoms with E-state index in [1.165, 1.54) is 12.1 Å². The number of aromatic hydroxyl groups is 1. The van der Waals surface area contributed by atoms with Gasteiger partial charge < -0.3 is 9.84 Å². The zero-order valence-corrected chi connectivity index (χ0v) is 15.9. The topological polar surface area (TPSA) is 29.5 Å². The lowest BCUT2D eigenvalue weighted by atomic mass is 9.97. The SMILES string of the molecule is CCOc1cc(Cl)c(Cc2ccc(O)c(-c3ccc(F)cc3F)c2)c(Cl)c1. The maximum Gasteiger partial charge on any atom is 0.134 e. The molecule has 0 saturated heterocycles. The lowest BCUT2D eigenvalue weighted by Gasteiger charge is -2.13. The summed E-state index contributed by atoms with van der Waals surface area (Å²) >= 11 is 12.7. The normalized spacial score (nSPS) is 10.9. The van der Waals surface area contributed by atoms with Crippen LogP contribution in [0.15, 0.2) is 48.5 Å². The van der Waals surface area contributed by atoms with Crippen LogP contribution in [0.1, 0.15) is 18.1 Å². The van der Waals surface area contributed by atoms with Crippen LogP contribution in [0.4, 0.5) is 8.78 Å². The molecule has 3 aromatic rings. The van der Waals surface area contributed by atoms with Gasteiger partial charge in [0.05, 0.1) is 6.61 Å². The fourth-order valence-electron chi connectivity index (χ4n) is 2.82. The fourth-order valence-corrected chi connectivity index (χ4v) is 3.42. The second kappa shape index (κ2) is 8.15. The standard InChI is InChI=1S/C21H16Cl2F2O2/c1-2-27-14-10-18(22)17(19(23)11-14)8-12-3-6-21(26)16(7-12)15-5-4-13(24)9-20(15)25/h3-7,9-11,26H,2,8H2,1H3. The van der Waals surface area contributed by atoms with Crippen molar-refractivity contribution in [3.8, 4) is 22.6 Å². The first-order valence-electron chi connectivity index (χ1n) is 8.27. The molecule has 1 N–H and O–H groups in total. The van der Waals surface area contributed by atoms with Crippen molar-refractivity contribution in [2.24, 2.45) is 0 Å². The summed E-state index contributed by atoms with van der Waals surface area (Å²) in [6.07, 6.45) is 0.375. The van der Waals surface area contributed by atoms with Gasteiger partial charge in [-0.1, -0.05) is 29.3 Å². The molecule has 6 heteroatoms. The molecule has 3 aromatic carbocycles. The Morgan fingerprint density at radius 1 is 0.926 bits per heavy atom. The zero-order chi connectivity index (χ0) is 19.6. The molecule has 0 aromatic heterocycles. The molecule has 0 fully saturated rings. The summed E-state index contributed by atoms with van der Waals surface area (Å²) in [7, 11) is 0. The van der Waals surface area contributed by atoms with Crippen molar-refractivity contribution >= 4 is 23.2 Å². The van der Waals surface area contributed by atoms with E-state index < -0.39 is 11.6 Å². The summed E-state index contributed by atoms with van der Waals surface area (Å²) < 4.78 is 32.7. The Morgan fingerprint density at radius 2 is 1.63 bits per heavy atom. The number of phenols is 1. The van der Waals surface area contributed by atoms with Crippen LogP contribution in [0, 0.1) is 11.6 Å². The van der Waals surface area contributed by atoms with Gasteiger partial charge in [-0.15, -0.1) is 0 Å². The first-order valence-corrected chi connectivity index (χ1v) is 9.02. The van der Waals surface area contributed by atoms with Crippen molar-refractivity contribution in [1.29, 1.82) is 0 Å². The summed E-state index contributed by atoms with van der Waals surface area (Å²) in [5.41, 5.74) is 1.83. The monoisotopic (exact) mass is 408 g/mol. The summed E-state index contributed by atoms with van der Waals surface area (Å²) in [6.45, 7) is 2.36. The second-order valence-electron chi connectivity index (χ2n) is 5.95. The van der Waals surface area contributed by atoms with E-state index >= 15 is 0 Å². The van der Waals surface area contributed by atoms with Gasteiger partial charge in [0.25, 0.3) is 0 Å². The number of halogens is 4. The third-order valence-electron chi connectivity index (χ3n) is 4.09. The first-order chi connectivity index (χ1) is 12.9. The van der Waals surface area contributed by atoms with Gasteiger partial charge in [0.15, 0.2) is 0 Å². The van der Waals surface area contributed by atoms with Gasteiger partial charge in [-0.2, -0.15) is 0 Å². The average molecular weight is 409 g/mol. The number of ether oxygens (including phenoxy) is 1. The highest BCUT2D eigenvalue weighted by Gasteiger charge is 2.14. The Bertz CT molecular complexity index is 967. The van der Waals surface area contributed by atoms with E-state index in [1.807, 2.05) is 6.92 Å². The maximum atomic E-state index is 14.1. The van der Waals surface area contributed by atoms with E-state index in [-0.39, 0.29) is 16.9 Å². The Hall–Kier alpha value is -2.30. The molecule has 0 aliphatic heterocycles. The first kappa shape index (κ1) is 19.5. The summed E-state index contributed by atoms with van der Waals surface area (Å²) in [6, 6.07) is 11.4. The molecule has 0 bridgehead atoms. The van der Waals surface area contributed by atoms with E-state index in [2.05, 4.69) is 0 Å². The maximum absolute atomic E-state index is 14.1. The molecule has 0 aliphatic rings. The average Bonchev–Trinajstić information content (AvgIpc) is 2.60. The molecule has 27 heavy (non-hydrogen) atoms. The predicted molar refractivity (Wildman–Crippen MR) is 104 cm³/mol. The van der Waals surface area contributed by atoms with Crippen molar-refractivity contribution < 1.29 is 18.6 Å². The van der Waals surface area contributed by atoms with Gasteiger partial charge >= 0.3 is 0 Å². The van der Waals surface area contributed by atoms with Crippen LogP contribution in [-0.2, 0) is 6.42 Å². The van der Waals surface area contributed by atoms with Crippen LogP contribution in [-0.4, -0.2) is 11.7 Å². The highest BCUT2D eigenvalue weighted by atomic mass is 35.5. The number of hydrogen-bond donors (Lipinski definition) is 1. The molecule has 0 heterocycles. The largest absolute Gasteiger partial charge is 0.507 e. The Morgan fingerprint density at radius 3 is 2.26 bits per heavy atom. The van der Waals surface area contributed by atoms with E-state index in [0.717, 1.165) is 17.7 Å². The van der Waals surface area contributed by atoms with Gasteiger partial charge in [0, 0.05) is 33.7 Å². The van der Waals surface area contributed by atoms with Gasteiger partial charge in [0.1, 0.15) is 23.1 Å². The molecule has 0 amide bonds. The molecular weight excluding hydrogens is 393 g/mol. The van der Waals surface area contributed by atoms with Gasteiger partial charge in [0.2, 0.25) is 0 Å². The molecule has 3 rings (SSSR count). The van der Waals surface area contributed by atoms with Gasteiger partial charge in [-0.25, -0.2) is 8.78 Å². The van der Waals surface area contributed by atoms with Crippen molar-refractivity contribution in [2.75, 3.05) is 6.61 Å². The number of hydrogen-bond acceptors (Lipinski definition) is 2. The Balaban J connectivity index is 1.98. The molecular formula is C21H16Cl2F2O2. The van der Waals surface area contributed by atoms with Crippen LogP contribution >= 0.6 is 23.2 Å². The highest BCUT2D eigenvalue weighted by molar-refractivity contribution is 6.36. The van der Waals surface area contributed by atoms with Gasteiger partial charge in [-0.3, -0.25) is 0 Å². The minimum absolute atomic E-state index is 0.104. The summed E-state index contributed by atoms with van der Waals surface area (Å²) in [5.74, 6) is -0.955. The minimum atomic E-state index is -0.750. The van der Waals surface area contributed by atoms with E-state index in [4.69, 9.17) is 27.9 Å². The van der Waals surface area contributed by atoms with Crippen LogP contribution < -0.4 is 4.74 Å². The smallest absolute Gasteiger partial charge is 0.134 e. The minimum Gasteiger partial charge on any atom is -0.507 e. The molecule has 0 radical (unpaired) electrons. The van der Waals surface area contributed by atoms with Crippen LogP contribution in [0.25, 0.3) is 11.1 Å². The highest BCUT2D eigenvalue weighted by Crippen LogP contribution is 2.35. The van der Waals surface area contributed by atoms with Gasteiger partial charge in [-0.05, 0) is 54.4 Å². The third kappa shape index (κ3) is 4.34. The molecule has 2 nitrogen and oxygen atoms in total. The zero-order valence-electron chi connectivity index (χ0n) is 14.4. The molecule has 0 saturated carbocycles. The number of rotatable bonds is 5. The Kier molecular flexibility index (Phi) is 5.88. The molecule has 0 unspecified atom stereocenters. The molecule has 140 valence electrons. The quantitative estimate of drug-likeness (QED) is 0.512. The fraction of sp³-hybridized carbons (Fsp3) is 0.143. The summed E-state index contributed by atoms with van der Waals surface area (Å²) in [4.78, 5) is 0. The second-order valence-corrected chi connectivity index (χ2v) is 6.77. The van der Waals surface area contributed by atoms with Crippen LogP contribution in [0.5, 0.6) is 11.5 Å². The molecule has 0 spiro atoms. The lowest BCUT2D eigenvalue weighted by molar-refractivity contribution is 0.340. The summed E-state index contributed by atoms with van der Waals surface area (Å²) in [5, 5.41) is 11.0.